The molecule has 7 heteroatoms. The first kappa shape index (κ1) is 19.5. The van der Waals surface area contributed by atoms with Crippen molar-refractivity contribution in [2.45, 2.75) is 39.2 Å². The molecule has 2 heterocycles. The number of carbonyl (C=O) groups excluding carboxylic acids is 1. The van der Waals surface area contributed by atoms with Crippen molar-refractivity contribution in [2.75, 3.05) is 27.3 Å². The van der Waals surface area contributed by atoms with Crippen LogP contribution in [0.2, 0.25) is 0 Å². The predicted octanol–water partition coefficient (Wildman–Crippen LogP) is 2.69. The molecular weight excluding hydrogens is 344 g/mol. The molecule has 1 aromatic rings. The molecule has 0 saturated carbocycles. The fourth-order valence-corrected chi connectivity index (χ4v) is 4.33. The fourth-order valence-electron chi connectivity index (χ4n) is 4.33. The number of nitrogens with one attached hydrogen (secondary N) is 1. The smallest absolute Gasteiger partial charge is 0.332 e. The molecule has 0 aliphatic carbocycles. The lowest BCUT2D eigenvalue weighted by molar-refractivity contribution is 0.147. The fraction of sp³-hybridized carbons (Fsp3) is 0.600. The SMILES string of the molecule is COc1cc2c(cc1OC)C1C/C(=N/NC(N)=O)C(CC(C)C)CN1CC2. The zero-order chi connectivity index (χ0) is 19.6. The third-order valence-electron chi connectivity index (χ3n) is 5.51. The van der Waals surface area contributed by atoms with Gasteiger partial charge in [0, 0.05) is 37.2 Å². The molecule has 2 aliphatic heterocycles. The van der Waals surface area contributed by atoms with E-state index in [1.54, 1.807) is 14.2 Å². The van der Waals surface area contributed by atoms with Crippen LogP contribution in [0.3, 0.4) is 0 Å². The van der Waals surface area contributed by atoms with Crippen molar-refractivity contribution in [3.63, 3.8) is 0 Å². The number of amides is 2. The minimum atomic E-state index is -0.622. The maximum Gasteiger partial charge on any atom is 0.332 e. The summed E-state index contributed by atoms with van der Waals surface area (Å²) in [7, 11) is 3.32. The van der Waals surface area contributed by atoms with E-state index in [4.69, 9.17) is 15.2 Å². The number of fused-ring (bicyclic) bond motifs is 3. The molecule has 3 rings (SSSR count). The molecule has 1 saturated heterocycles. The van der Waals surface area contributed by atoms with Crippen LogP contribution in [0.15, 0.2) is 17.2 Å². The van der Waals surface area contributed by atoms with Crippen LogP contribution in [-0.4, -0.2) is 44.0 Å². The molecule has 0 radical (unpaired) electrons. The molecule has 1 aromatic carbocycles. The highest BCUT2D eigenvalue weighted by Crippen LogP contribution is 2.42. The van der Waals surface area contributed by atoms with Crippen molar-refractivity contribution >= 4 is 11.7 Å². The van der Waals surface area contributed by atoms with Gasteiger partial charge in [-0.1, -0.05) is 13.8 Å². The van der Waals surface area contributed by atoms with Gasteiger partial charge in [0.2, 0.25) is 0 Å². The van der Waals surface area contributed by atoms with E-state index >= 15 is 0 Å². The highest BCUT2D eigenvalue weighted by molar-refractivity contribution is 5.89. The van der Waals surface area contributed by atoms with Gasteiger partial charge in [-0.2, -0.15) is 5.10 Å². The van der Waals surface area contributed by atoms with Gasteiger partial charge in [0.25, 0.3) is 0 Å². The summed E-state index contributed by atoms with van der Waals surface area (Å²) >= 11 is 0. The van der Waals surface area contributed by atoms with Crippen LogP contribution >= 0.6 is 0 Å². The van der Waals surface area contributed by atoms with Gasteiger partial charge < -0.3 is 15.2 Å². The second-order valence-corrected chi connectivity index (χ2v) is 7.78. The lowest BCUT2D eigenvalue weighted by Crippen LogP contribution is -2.47. The van der Waals surface area contributed by atoms with E-state index in [1.165, 1.54) is 11.1 Å². The van der Waals surface area contributed by atoms with Crippen LogP contribution in [0.4, 0.5) is 4.79 Å². The Morgan fingerprint density at radius 3 is 2.67 bits per heavy atom. The minimum Gasteiger partial charge on any atom is -0.493 e. The summed E-state index contributed by atoms with van der Waals surface area (Å²) in [6.45, 7) is 6.38. The number of hydrazone groups is 1. The van der Waals surface area contributed by atoms with Gasteiger partial charge in [0.15, 0.2) is 11.5 Å². The zero-order valence-electron chi connectivity index (χ0n) is 16.6. The standard InChI is InChI=1S/C20H30N4O3/c1-12(2)7-14-11-24-6-5-13-8-18(26-3)19(27-4)9-15(13)17(24)10-16(14)22-23-20(21)25/h8-9,12,14,17H,5-7,10-11H2,1-4H3,(H3,21,23,25)/b22-16-. The van der Waals surface area contributed by atoms with Gasteiger partial charge in [0.1, 0.15) is 0 Å². The molecule has 27 heavy (non-hydrogen) atoms. The Kier molecular flexibility index (Phi) is 5.89. The Balaban J connectivity index is 1.93. The van der Waals surface area contributed by atoms with Crippen molar-refractivity contribution in [1.82, 2.24) is 10.3 Å². The number of rotatable bonds is 5. The first-order valence-electron chi connectivity index (χ1n) is 9.53. The van der Waals surface area contributed by atoms with Gasteiger partial charge in [-0.15, -0.1) is 0 Å². The Hall–Kier alpha value is -2.28. The number of hydrogen-bond donors (Lipinski definition) is 2. The molecule has 0 bridgehead atoms. The number of hydrogen-bond acceptors (Lipinski definition) is 5. The molecule has 1 fully saturated rings. The molecule has 7 nitrogen and oxygen atoms in total. The molecule has 2 unspecified atom stereocenters. The van der Waals surface area contributed by atoms with E-state index < -0.39 is 6.03 Å². The Morgan fingerprint density at radius 1 is 1.33 bits per heavy atom. The average Bonchev–Trinajstić information content (AvgIpc) is 2.64. The Bertz CT molecular complexity index is 732. The van der Waals surface area contributed by atoms with Crippen LogP contribution in [0.5, 0.6) is 11.5 Å². The van der Waals surface area contributed by atoms with E-state index in [1.807, 2.05) is 0 Å². The van der Waals surface area contributed by atoms with Crippen LogP contribution in [-0.2, 0) is 6.42 Å². The van der Waals surface area contributed by atoms with Crippen molar-refractivity contribution < 1.29 is 14.3 Å². The number of nitrogens with two attached hydrogens (primary N) is 1. The maximum absolute atomic E-state index is 11.2. The van der Waals surface area contributed by atoms with Crippen molar-refractivity contribution in [3.05, 3.63) is 23.3 Å². The number of benzene rings is 1. The largest absolute Gasteiger partial charge is 0.493 e. The predicted molar refractivity (Wildman–Crippen MR) is 105 cm³/mol. The Labute approximate surface area is 160 Å². The number of carbonyl (C=O) groups is 1. The normalized spacial score (nSPS) is 23.7. The number of piperidine rings is 1. The van der Waals surface area contributed by atoms with Crippen LogP contribution < -0.4 is 20.6 Å². The van der Waals surface area contributed by atoms with Gasteiger partial charge in [-0.05, 0) is 42.0 Å². The lowest BCUT2D eigenvalue weighted by Gasteiger charge is -2.44. The third kappa shape index (κ3) is 4.18. The number of urea groups is 1. The maximum atomic E-state index is 11.2. The first-order chi connectivity index (χ1) is 12.9. The summed E-state index contributed by atoms with van der Waals surface area (Å²) < 4.78 is 11.0. The molecule has 148 valence electrons. The van der Waals surface area contributed by atoms with Crippen LogP contribution in [0.25, 0.3) is 0 Å². The van der Waals surface area contributed by atoms with Crippen molar-refractivity contribution in [2.24, 2.45) is 22.7 Å². The summed E-state index contributed by atoms with van der Waals surface area (Å²) in [6, 6.07) is 3.78. The molecule has 2 aliphatic rings. The second kappa shape index (κ2) is 8.17. The number of ether oxygens (including phenoxy) is 2. The molecule has 0 aromatic heterocycles. The average molecular weight is 374 g/mol. The second-order valence-electron chi connectivity index (χ2n) is 7.78. The van der Waals surface area contributed by atoms with Gasteiger partial charge in [-0.25, -0.2) is 10.2 Å². The summed E-state index contributed by atoms with van der Waals surface area (Å²) in [4.78, 5) is 13.7. The summed E-state index contributed by atoms with van der Waals surface area (Å²) in [5, 5.41) is 4.37. The Morgan fingerprint density at radius 2 is 2.04 bits per heavy atom. The molecule has 2 atom stereocenters. The number of primary amides is 1. The number of nitrogens with zero attached hydrogens (tertiary/aromatic N) is 2. The summed E-state index contributed by atoms with van der Waals surface area (Å²) in [6.07, 6.45) is 2.81. The van der Waals surface area contributed by atoms with E-state index in [9.17, 15) is 4.79 Å². The molecule has 0 spiro atoms. The van der Waals surface area contributed by atoms with Crippen molar-refractivity contribution in [3.8, 4) is 11.5 Å². The minimum absolute atomic E-state index is 0.227. The summed E-state index contributed by atoms with van der Waals surface area (Å²) in [5.74, 6) is 2.40. The zero-order valence-corrected chi connectivity index (χ0v) is 16.6. The van der Waals surface area contributed by atoms with E-state index in [-0.39, 0.29) is 6.04 Å². The van der Waals surface area contributed by atoms with Gasteiger partial charge >= 0.3 is 6.03 Å². The number of methoxy groups -OCH3 is 2. The topological polar surface area (TPSA) is 89.2 Å². The van der Waals surface area contributed by atoms with E-state index in [0.29, 0.717) is 11.8 Å². The quantitative estimate of drug-likeness (QED) is 0.776. The molecule has 2 amide bonds. The lowest BCUT2D eigenvalue weighted by atomic mass is 9.79. The molecule has 3 N–H and O–H groups in total. The van der Waals surface area contributed by atoms with Gasteiger partial charge in [0.05, 0.1) is 14.2 Å². The van der Waals surface area contributed by atoms with Gasteiger partial charge in [-0.3, -0.25) is 4.90 Å². The third-order valence-corrected chi connectivity index (χ3v) is 5.51. The van der Waals surface area contributed by atoms with E-state index in [2.05, 4.69) is 41.4 Å². The summed E-state index contributed by atoms with van der Waals surface area (Å²) in [5.41, 5.74) is 11.2. The molecular formula is C20H30N4O3. The highest BCUT2D eigenvalue weighted by Gasteiger charge is 2.37. The monoisotopic (exact) mass is 374 g/mol. The van der Waals surface area contributed by atoms with E-state index in [0.717, 1.165) is 49.6 Å². The highest BCUT2D eigenvalue weighted by atomic mass is 16.5. The van der Waals surface area contributed by atoms with Crippen LogP contribution in [0, 0.1) is 11.8 Å². The van der Waals surface area contributed by atoms with Crippen molar-refractivity contribution in [1.29, 1.82) is 0 Å². The first-order valence-corrected chi connectivity index (χ1v) is 9.53. The van der Waals surface area contributed by atoms with Crippen LogP contribution in [0.1, 0.15) is 43.9 Å².